The van der Waals surface area contributed by atoms with Gasteiger partial charge < -0.3 is 5.11 Å². The minimum atomic E-state index is -1.32. The van der Waals surface area contributed by atoms with E-state index in [0.717, 1.165) is 0 Å². The largest absolute Gasteiger partial charge is 0.480 e. The summed E-state index contributed by atoms with van der Waals surface area (Å²) in [6.45, 7) is 1.46. The van der Waals surface area contributed by atoms with Crippen LogP contribution in [0.15, 0.2) is 30.3 Å². The molecule has 1 aromatic carbocycles. The molecule has 1 atom stereocenters. The lowest BCUT2D eigenvalue weighted by atomic mass is 10.0. The van der Waals surface area contributed by atoms with Gasteiger partial charge in [-0.2, -0.15) is 0 Å². The van der Waals surface area contributed by atoms with Crippen LogP contribution in [0.3, 0.4) is 0 Å². The Morgan fingerprint density at radius 1 is 1.42 bits per heavy atom. The predicted octanol–water partition coefficient (Wildman–Crippen LogP) is 2.23. The highest BCUT2D eigenvalue weighted by Crippen LogP contribution is 2.28. The van der Waals surface area contributed by atoms with Crippen LogP contribution >= 0.6 is 11.6 Å². The third-order valence-electron chi connectivity index (χ3n) is 1.72. The van der Waals surface area contributed by atoms with Gasteiger partial charge in [0.15, 0.2) is 4.87 Å². The standard InChI is InChI=1S/C9H9ClO2/c1-9(10,8(11)12)7-5-3-2-4-6-7/h2-6H,1H3,(H,11,12). The molecule has 1 rings (SSSR count). The smallest absolute Gasteiger partial charge is 0.329 e. The van der Waals surface area contributed by atoms with Crippen LogP contribution in [0.5, 0.6) is 0 Å². The first kappa shape index (κ1) is 9.07. The topological polar surface area (TPSA) is 37.3 Å². The van der Waals surface area contributed by atoms with Gasteiger partial charge in [0.25, 0.3) is 0 Å². The van der Waals surface area contributed by atoms with Crippen LogP contribution < -0.4 is 0 Å². The maximum absolute atomic E-state index is 10.7. The van der Waals surface area contributed by atoms with Crippen molar-refractivity contribution >= 4 is 17.6 Å². The zero-order valence-electron chi connectivity index (χ0n) is 6.62. The van der Waals surface area contributed by atoms with Crippen LogP contribution in [-0.4, -0.2) is 11.1 Å². The summed E-state index contributed by atoms with van der Waals surface area (Å²) in [4.78, 5) is 9.37. The van der Waals surface area contributed by atoms with Crippen LogP contribution in [-0.2, 0) is 9.67 Å². The normalized spacial score (nSPS) is 15.2. The number of alkyl halides is 1. The van der Waals surface area contributed by atoms with E-state index < -0.39 is 10.8 Å². The number of rotatable bonds is 2. The van der Waals surface area contributed by atoms with Crippen molar-refractivity contribution in [1.82, 2.24) is 0 Å². The van der Waals surface area contributed by atoms with Crippen molar-refractivity contribution in [2.45, 2.75) is 11.8 Å². The molecule has 3 heteroatoms. The van der Waals surface area contributed by atoms with Gasteiger partial charge in [-0.05, 0) is 12.5 Å². The van der Waals surface area contributed by atoms with Crippen LogP contribution in [0, 0.1) is 0 Å². The number of halogens is 1. The van der Waals surface area contributed by atoms with Crippen LogP contribution in [0.25, 0.3) is 0 Å². The summed E-state index contributed by atoms with van der Waals surface area (Å²) in [6, 6.07) is 8.73. The molecule has 0 amide bonds. The Morgan fingerprint density at radius 3 is 2.33 bits per heavy atom. The lowest BCUT2D eigenvalue weighted by molar-refractivity contribution is -0.139. The maximum atomic E-state index is 10.7. The van der Waals surface area contributed by atoms with Crippen molar-refractivity contribution in [3.05, 3.63) is 35.9 Å². The molecule has 12 heavy (non-hydrogen) atoms. The minimum Gasteiger partial charge on any atom is -0.480 e. The number of carbonyl (C=O) groups is 1. The summed E-state index contributed by atoms with van der Waals surface area (Å²) < 4.78 is 0. The molecular weight excluding hydrogens is 176 g/mol. The average molecular weight is 185 g/mol. The lowest BCUT2D eigenvalue weighted by Crippen LogP contribution is -2.25. The Labute approximate surface area is 75.8 Å². The summed E-state index contributed by atoms with van der Waals surface area (Å²) in [7, 11) is 0. The number of hydrogen-bond acceptors (Lipinski definition) is 1. The molecule has 0 aliphatic heterocycles. The van der Waals surface area contributed by atoms with Crippen molar-refractivity contribution in [3.63, 3.8) is 0 Å². The fourth-order valence-electron chi connectivity index (χ4n) is 0.875. The Hall–Kier alpha value is -1.02. The number of hydrogen-bond donors (Lipinski definition) is 1. The summed E-state index contributed by atoms with van der Waals surface area (Å²) in [5.74, 6) is -1.03. The molecule has 0 saturated carbocycles. The fraction of sp³-hybridized carbons (Fsp3) is 0.222. The Morgan fingerprint density at radius 2 is 1.92 bits per heavy atom. The number of carboxylic acids is 1. The molecule has 2 nitrogen and oxygen atoms in total. The first-order valence-corrected chi connectivity index (χ1v) is 3.91. The molecule has 0 aliphatic carbocycles. The minimum absolute atomic E-state index is 0.596. The second kappa shape index (κ2) is 3.15. The van der Waals surface area contributed by atoms with E-state index in [0.29, 0.717) is 5.56 Å². The maximum Gasteiger partial charge on any atom is 0.329 e. The van der Waals surface area contributed by atoms with E-state index in [1.807, 2.05) is 6.07 Å². The van der Waals surface area contributed by atoms with E-state index in [-0.39, 0.29) is 0 Å². The molecule has 0 fully saturated rings. The second-order valence-electron chi connectivity index (χ2n) is 2.67. The lowest BCUT2D eigenvalue weighted by Gasteiger charge is -2.16. The first-order chi connectivity index (χ1) is 5.55. The van der Waals surface area contributed by atoms with Crippen molar-refractivity contribution in [2.24, 2.45) is 0 Å². The number of benzene rings is 1. The fourth-order valence-corrected chi connectivity index (χ4v) is 1.00. The quantitative estimate of drug-likeness (QED) is 0.716. The third-order valence-corrected chi connectivity index (χ3v) is 2.10. The highest BCUT2D eigenvalue weighted by molar-refractivity contribution is 6.33. The molecule has 1 aromatic rings. The summed E-state index contributed by atoms with van der Waals surface area (Å²) in [5, 5.41) is 8.76. The Kier molecular flexibility index (Phi) is 2.38. The monoisotopic (exact) mass is 184 g/mol. The SMILES string of the molecule is CC(Cl)(C(=O)O)c1ccccc1. The molecule has 0 spiro atoms. The Balaban J connectivity index is 3.06. The number of aliphatic carboxylic acids is 1. The van der Waals surface area contributed by atoms with E-state index in [1.165, 1.54) is 6.92 Å². The van der Waals surface area contributed by atoms with Gasteiger partial charge >= 0.3 is 5.97 Å². The highest BCUT2D eigenvalue weighted by atomic mass is 35.5. The molecule has 0 aliphatic rings. The zero-order chi connectivity index (χ0) is 9.19. The molecule has 0 heterocycles. The molecule has 1 N–H and O–H groups in total. The summed E-state index contributed by atoms with van der Waals surface area (Å²) >= 11 is 5.80. The highest BCUT2D eigenvalue weighted by Gasteiger charge is 2.31. The van der Waals surface area contributed by atoms with E-state index in [4.69, 9.17) is 16.7 Å². The zero-order valence-corrected chi connectivity index (χ0v) is 7.38. The molecule has 0 radical (unpaired) electrons. The molecule has 64 valence electrons. The summed E-state index contributed by atoms with van der Waals surface area (Å²) in [6.07, 6.45) is 0. The molecular formula is C9H9ClO2. The average Bonchev–Trinajstić information content (AvgIpc) is 2.06. The second-order valence-corrected chi connectivity index (χ2v) is 3.43. The van der Waals surface area contributed by atoms with Crippen LogP contribution in [0.4, 0.5) is 0 Å². The molecule has 0 aromatic heterocycles. The van der Waals surface area contributed by atoms with Gasteiger partial charge in [0.1, 0.15) is 0 Å². The van der Waals surface area contributed by atoms with Crippen molar-refractivity contribution in [1.29, 1.82) is 0 Å². The Bertz CT molecular complexity index is 280. The predicted molar refractivity (Wildman–Crippen MR) is 47.3 cm³/mol. The van der Waals surface area contributed by atoms with Crippen molar-refractivity contribution in [3.8, 4) is 0 Å². The third kappa shape index (κ3) is 1.59. The molecule has 1 unspecified atom stereocenters. The van der Waals surface area contributed by atoms with E-state index in [9.17, 15) is 4.79 Å². The molecule has 0 bridgehead atoms. The van der Waals surface area contributed by atoms with Gasteiger partial charge in [-0.1, -0.05) is 30.3 Å². The van der Waals surface area contributed by atoms with E-state index in [2.05, 4.69) is 0 Å². The van der Waals surface area contributed by atoms with Crippen molar-refractivity contribution < 1.29 is 9.90 Å². The van der Waals surface area contributed by atoms with Gasteiger partial charge in [-0.15, -0.1) is 11.6 Å². The van der Waals surface area contributed by atoms with Crippen molar-refractivity contribution in [2.75, 3.05) is 0 Å². The van der Waals surface area contributed by atoms with Crippen LogP contribution in [0.1, 0.15) is 12.5 Å². The molecule has 0 saturated heterocycles. The van der Waals surface area contributed by atoms with Gasteiger partial charge in [-0.25, -0.2) is 4.79 Å². The van der Waals surface area contributed by atoms with E-state index in [1.54, 1.807) is 24.3 Å². The number of carboxylic acid groups (broad SMARTS) is 1. The van der Waals surface area contributed by atoms with Gasteiger partial charge in [-0.3, -0.25) is 0 Å². The van der Waals surface area contributed by atoms with Gasteiger partial charge in [0.05, 0.1) is 0 Å². The summed E-state index contributed by atoms with van der Waals surface area (Å²) in [5.41, 5.74) is 0.596. The van der Waals surface area contributed by atoms with Gasteiger partial charge in [0, 0.05) is 0 Å². The van der Waals surface area contributed by atoms with E-state index >= 15 is 0 Å². The van der Waals surface area contributed by atoms with Crippen LogP contribution in [0.2, 0.25) is 0 Å². The van der Waals surface area contributed by atoms with Gasteiger partial charge in [0.2, 0.25) is 0 Å². The first-order valence-electron chi connectivity index (χ1n) is 3.53.